The first-order valence-electron chi connectivity index (χ1n) is 7.57. The first kappa shape index (κ1) is 19.4. The third kappa shape index (κ3) is 5.29. The lowest BCUT2D eigenvalue weighted by molar-refractivity contribution is -0.133. The summed E-state index contributed by atoms with van der Waals surface area (Å²) in [5.74, 6) is 4.37. The normalized spacial score (nSPS) is 12.3. The van der Waals surface area contributed by atoms with Crippen molar-refractivity contribution in [3.8, 4) is 11.8 Å². The summed E-state index contributed by atoms with van der Waals surface area (Å²) in [6.07, 6.45) is 0.378. The standard InChI is InChI=1S/C18H16ClN3O4/c1-11(23)16(18(25)22-26)21-17(24)14-7-4-12(5-8-14)2-3-13-6-9-15(19)20-10-13/h4-11,16,23,26H,1H3,(H,21,24)(H,22,25). The molecule has 0 saturated carbocycles. The molecule has 134 valence electrons. The number of hydrogen-bond donors (Lipinski definition) is 4. The van der Waals surface area contributed by atoms with Gasteiger partial charge in [-0.25, -0.2) is 10.5 Å². The fourth-order valence-electron chi connectivity index (χ4n) is 2.00. The van der Waals surface area contributed by atoms with Crippen LogP contribution >= 0.6 is 11.6 Å². The highest BCUT2D eigenvalue weighted by molar-refractivity contribution is 6.29. The fraction of sp³-hybridized carbons (Fsp3) is 0.167. The van der Waals surface area contributed by atoms with Crippen molar-refractivity contribution in [2.75, 3.05) is 0 Å². The Morgan fingerprint density at radius 1 is 1.12 bits per heavy atom. The molecule has 0 aliphatic heterocycles. The number of carbonyl (C=O) groups is 2. The van der Waals surface area contributed by atoms with Gasteiger partial charge in [0.2, 0.25) is 0 Å². The summed E-state index contributed by atoms with van der Waals surface area (Å²) in [6, 6.07) is 8.48. The predicted molar refractivity (Wildman–Crippen MR) is 94.5 cm³/mol. The molecule has 26 heavy (non-hydrogen) atoms. The maximum absolute atomic E-state index is 12.2. The molecule has 7 nitrogen and oxygen atoms in total. The maximum atomic E-state index is 12.2. The predicted octanol–water partition coefficient (Wildman–Crippen LogP) is 1.12. The number of hydrogen-bond acceptors (Lipinski definition) is 5. The number of hydroxylamine groups is 1. The summed E-state index contributed by atoms with van der Waals surface area (Å²) in [4.78, 5) is 27.5. The highest BCUT2D eigenvalue weighted by atomic mass is 35.5. The summed E-state index contributed by atoms with van der Waals surface area (Å²) >= 11 is 5.71. The number of rotatable bonds is 4. The average molecular weight is 374 g/mol. The second-order valence-electron chi connectivity index (χ2n) is 5.36. The van der Waals surface area contributed by atoms with Crippen LogP contribution in [0.4, 0.5) is 0 Å². The molecule has 0 aliphatic carbocycles. The van der Waals surface area contributed by atoms with Gasteiger partial charge in [0.05, 0.1) is 6.10 Å². The van der Waals surface area contributed by atoms with E-state index in [1.54, 1.807) is 30.5 Å². The molecule has 0 spiro atoms. The third-order valence-electron chi connectivity index (χ3n) is 3.39. The molecule has 0 radical (unpaired) electrons. The van der Waals surface area contributed by atoms with Gasteiger partial charge in [-0.1, -0.05) is 23.4 Å². The largest absolute Gasteiger partial charge is 0.391 e. The summed E-state index contributed by atoms with van der Waals surface area (Å²) in [5, 5.41) is 20.9. The van der Waals surface area contributed by atoms with Crippen LogP contribution in [0.15, 0.2) is 42.6 Å². The van der Waals surface area contributed by atoms with Gasteiger partial charge in [0.1, 0.15) is 11.2 Å². The number of aromatic nitrogens is 1. The monoisotopic (exact) mass is 373 g/mol. The molecule has 0 fully saturated rings. The highest BCUT2D eigenvalue weighted by Crippen LogP contribution is 2.07. The quantitative estimate of drug-likeness (QED) is 0.278. The van der Waals surface area contributed by atoms with E-state index in [4.69, 9.17) is 16.8 Å². The molecule has 2 aromatic rings. The lowest BCUT2D eigenvalue weighted by Gasteiger charge is -2.19. The molecule has 1 aromatic heterocycles. The number of nitrogens with zero attached hydrogens (tertiary/aromatic N) is 1. The Kier molecular flexibility index (Phi) is 6.69. The summed E-state index contributed by atoms with van der Waals surface area (Å²) < 4.78 is 0. The zero-order valence-corrected chi connectivity index (χ0v) is 14.5. The second kappa shape index (κ2) is 8.97. The molecule has 0 saturated heterocycles. The van der Waals surface area contributed by atoms with Gasteiger partial charge in [-0.05, 0) is 43.3 Å². The van der Waals surface area contributed by atoms with Crippen molar-refractivity contribution in [1.29, 1.82) is 0 Å². The van der Waals surface area contributed by atoms with Crippen LogP contribution < -0.4 is 10.8 Å². The molecule has 4 N–H and O–H groups in total. The van der Waals surface area contributed by atoms with Crippen LogP contribution in [0.3, 0.4) is 0 Å². The summed E-state index contributed by atoms with van der Waals surface area (Å²) in [7, 11) is 0. The number of amides is 2. The lowest BCUT2D eigenvalue weighted by Crippen LogP contribution is -2.51. The van der Waals surface area contributed by atoms with Crippen LogP contribution in [-0.4, -0.2) is 39.3 Å². The molecule has 2 rings (SSSR count). The molecule has 0 bridgehead atoms. The zero-order valence-electron chi connectivity index (χ0n) is 13.7. The van der Waals surface area contributed by atoms with Crippen molar-refractivity contribution in [2.24, 2.45) is 0 Å². The Hall–Kier alpha value is -2.92. The summed E-state index contributed by atoms with van der Waals surface area (Å²) in [5.41, 5.74) is 3.06. The van der Waals surface area contributed by atoms with Crippen LogP contribution in [-0.2, 0) is 4.79 Å². The van der Waals surface area contributed by atoms with Gasteiger partial charge in [-0.2, -0.15) is 0 Å². The topological polar surface area (TPSA) is 112 Å². The van der Waals surface area contributed by atoms with E-state index in [0.29, 0.717) is 16.3 Å². The van der Waals surface area contributed by atoms with Crippen molar-refractivity contribution in [1.82, 2.24) is 15.8 Å². The fourth-order valence-corrected chi connectivity index (χ4v) is 2.11. The van der Waals surface area contributed by atoms with Gasteiger partial charge >= 0.3 is 0 Å². The SMILES string of the molecule is CC(O)C(NC(=O)c1ccc(C#Cc2ccc(Cl)nc2)cc1)C(=O)NO. The van der Waals surface area contributed by atoms with Crippen LogP contribution in [0.25, 0.3) is 0 Å². The van der Waals surface area contributed by atoms with E-state index in [2.05, 4.69) is 22.1 Å². The maximum Gasteiger partial charge on any atom is 0.268 e. The first-order chi connectivity index (χ1) is 12.4. The second-order valence-corrected chi connectivity index (χ2v) is 5.75. The van der Waals surface area contributed by atoms with E-state index >= 15 is 0 Å². The number of aliphatic hydroxyl groups excluding tert-OH is 1. The van der Waals surface area contributed by atoms with Gasteiger partial charge in [-0.15, -0.1) is 0 Å². The Bertz CT molecular complexity index is 839. The van der Waals surface area contributed by atoms with Crippen molar-refractivity contribution in [2.45, 2.75) is 19.1 Å². The van der Waals surface area contributed by atoms with E-state index in [1.807, 2.05) is 0 Å². The Labute approximate surface area is 155 Å². The first-order valence-corrected chi connectivity index (χ1v) is 7.95. The van der Waals surface area contributed by atoms with Gasteiger partial charge in [0.25, 0.3) is 11.8 Å². The van der Waals surface area contributed by atoms with Crippen LogP contribution in [0, 0.1) is 11.8 Å². The number of aliphatic hydroxyl groups is 1. The highest BCUT2D eigenvalue weighted by Gasteiger charge is 2.25. The molecule has 0 aliphatic rings. The van der Waals surface area contributed by atoms with Crippen molar-refractivity contribution >= 4 is 23.4 Å². The zero-order chi connectivity index (χ0) is 19.1. The van der Waals surface area contributed by atoms with Crippen LogP contribution in [0.5, 0.6) is 0 Å². The van der Waals surface area contributed by atoms with Crippen LogP contribution in [0.1, 0.15) is 28.4 Å². The smallest absolute Gasteiger partial charge is 0.268 e. The molecule has 1 heterocycles. The third-order valence-corrected chi connectivity index (χ3v) is 3.61. The minimum atomic E-state index is -1.27. The van der Waals surface area contributed by atoms with Gasteiger partial charge in [-0.3, -0.25) is 14.8 Å². The minimum Gasteiger partial charge on any atom is -0.391 e. The average Bonchev–Trinajstić information content (AvgIpc) is 2.65. The molecule has 2 unspecified atom stereocenters. The lowest BCUT2D eigenvalue weighted by atomic mass is 10.1. The molecule has 2 amide bonds. The molecular weight excluding hydrogens is 358 g/mol. The number of pyridine rings is 1. The van der Waals surface area contributed by atoms with E-state index in [0.717, 1.165) is 0 Å². The van der Waals surface area contributed by atoms with E-state index in [9.17, 15) is 14.7 Å². The number of benzene rings is 1. The Morgan fingerprint density at radius 3 is 2.27 bits per heavy atom. The number of halogens is 1. The minimum absolute atomic E-state index is 0.278. The number of carbonyl (C=O) groups excluding carboxylic acids is 2. The molecule has 8 heteroatoms. The number of nitrogens with one attached hydrogen (secondary N) is 2. The summed E-state index contributed by atoms with van der Waals surface area (Å²) in [6.45, 7) is 1.32. The van der Waals surface area contributed by atoms with E-state index < -0.39 is 24.0 Å². The van der Waals surface area contributed by atoms with Gasteiger partial charge < -0.3 is 10.4 Å². The van der Waals surface area contributed by atoms with E-state index in [1.165, 1.54) is 24.5 Å². The molecule has 1 aromatic carbocycles. The van der Waals surface area contributed by atoms with Gasteiger partial charge in [0.15, 0.2) is 0 Å². The Balaban J connectivity index is 2.08. The van der Waals surface area contributed by atoms with E-state index in [-0.39, 0.29) is 5.56 Å². The van der Waals surface area contributed by atoms with Crippen molar-refractivity contribution in [3.05, 3.63) is 64.4 Å². The van der Waals surface area contributed by atoms with Crippen molar-refractivity contribution < 1.29 is 19.9 Å². The molecular formula is C18H16ClN3O4. The van der Waals surface area contributed by atoms with Crippen molar-refractivity contribution in [3.63, 3.8) is 0 Å². The van der Waals surface area contributed by atoms with Crippen LogP contribution in [0.2, 0.25) is 5.15 Å². The van der Waals surface area contributed by atoms with Gasteiger partial charge in [0, 0.05) is 22.9 Å². The molecule has 2 atom stereocenters. The Morgan fingerprint density at radius 2 is 1.73 bits per heavy atom.